The number of aliphatic hydroxyl groups excluding tert-OH is 1. The second kappa shape index (κ2) is 8.52. The molecule has 0 saturated carbocycles. The Balaban J connectivity index is 1.94. The number of fused-ring (bicyclic) bond motifs is 1. The Morgan fingerprint density at radius 2 is 1.83 bits per heavy atom. The molecule has 36 heavy (non-hydrogen) atoms. The van der Waals surface area contributed by atoms with E-state index in [1.54, 1.807) is 18.0 Å². The van der Waals surface area contributed by atoms with Crippen molar-refractivity contribution in [3.05, 3.63) is 90.7 Å². The topological polar surface area (TPSA) is 105 Å². The SMILES string of the molecule is CN1c2cc(-n3cc(C(=O)O)c(=O)n(Cc4cccc(Cl)c4C(F)(F)F)c3=O)ccc2C(C)(C)C1O. The van der Waals surface area contributed by atoms with Crippen LogP contribution < -0.4 is 16.1 Å². The van der Waals surface area contributed by atoms with Gasteiger partial charge in [-0.1, -0.05) is 43.6 Å². The number of rotatable bonds is 4. The van der Waals surface area contributed by atoms with Gasteiger partial charge in [0.2, 0.25) is 0 Å². The Bertz CT molecular complexity index is 1510. The fraction of sp³-hybridized carbons (Fsp3) is 0.292. The zero-order valence-electron chi connectivity index (χ0n) is 19.3. The van der Waals surface area contributed by atoms with Crippen molar-refractivity contribution in [2.75, 3.05) is 11.9 Å². The van der Waals surface area contributed by atoms with E-state index >= 15 is 0 Å². The summed E-state index contributed by atoms with van der Waals surface area (Å²) < 4.78 is 42.3. The number of aliphatic hydroxyl groups is 1. The maximum Gasteiger partial charge on any atom is 0.418 e. The predicted octanol–water partition coefficient (Wildman–Crippen LogP) is 3.46. The molecule has 1 aromatic heterocycles. The van der Waals surface area contributed by atoms with Gasteiger partial charge in [0.05, 0.1) is 22.8 Å². The maximum atomic E-state index is 13.6. The van der Waals surface area contributed by atoms with Crippen LogP contribution in [-0.2, 0) is 18.1 Å². The zero-order chi connectivity index (χ0) is 26.7. The van der Waals surface area contributed by atoms with E-state index in [2.05, 4.69) is 0 Å². The second-order valence-corrected chi connectivity index (χ2v) is 9.48. The summed E-state index contributed by atoms with van der Waals surface area (Å²) in [5.41, 5.74) is -3.93. The van der Waals surface area contributed by atoms with Gasteiger partial charge in [-0.25, -0.2) is 9.59 Å². The molecule has 8 nitrogen and oxygen atoms in total. The maximum absolute atomic E-state index is 13.6. The van der Waals surface area contributed by atoms with Crippen molar-refractivity contribution in [3.8, 4) is 5.69 Å². The molecule has 1 unspecified atom stereocenters. The summed E-state index contributed by atoms with van der Waals surface area (Å²) in [6.07, 6.45) is -4.91. The van der Waals surface area contributed by atoms with Crippen molar-refractivity contribution in [2.45, 2.75) is 38.2 Å². The van der Waals surface area contributed by atoms with Gasteiger partial charge in [0, 0.05) is 24.3 Å². The van der Waals surface area contributed by atoms with Gasteiger partial charge in [-0.3, -0.25) is 13.9 Å². The molecule has 0 radical (unpaired) electrons. The van der Waals surface area contributed by atoms with Crippen LogP contribution in [0.4, 0.5) is 18.9 Å². The first-order valence-electron chi connectivity index (χ1n) is 10.7. The lowest BCUT2D eigenvalue weighted by Gasteiger charge is -2.26. The first kappa shape index (κ1) is 25.5. The smallest absolute Gasteiger partial charge is 0.418 e. The first-order valence-corrected chi connectivity index (χ1v) is 11.0. The van der Waals surface area contributed by atoms with Gasteiger partial charge in [0.15, 0.2) is 0 Å². The largest absolute Gasteiger partial charge is 0.477 e. The van der Waals surface area contributed by atoms with Crippen molar-refractivity contribution in [1.29, 1.82) is 0 Å². The monoisotopic (exact) mass is 523 g/mol. The standard InChI is InChI=1S/C24H21ClF3N3O5/c1-23(2)15-8-7-13(9-17(15)29(3)21(23)35)30-11-14(20(33)34)19(32)31(22(30)36)10-12-5-4-6-16(25)18(12)24(26,27)28/h4-9,11,21,35H,10H2,1-3H3,(H,33,34). The minimum Gasteiger partial charge on any atom is -0.477 e. The molecule has 4 rings (SSSR count). The molecule has 1 aliphatic heterocycles. The van der Waals surface area contributed by atoms with Gasteiger partial charge < -0.3 is 15.1 Å². The number of nitrogens with zero attached hydrogens (tertiary/aromatic N) is 3. The molecular weight excluding hydrogens is 503 g/mol. The highest BCUT2D eigenvalue weighted by Crippen LogP contribution is 2.44. The van der Waals surface area contributed by atoms with Gasteiger partial charge >= 0.3 is 17.8 Å². The normalized spacial score (nSPS) is 16.8. The highest BCUT2D eigenvalue weighted by molar-refractivity contribution is 6.31. The average molecular weight is 524 g/mol. The lowest BCUT2D eigenvalue weighted by Crippen LogP contribution is -2.42. The number of alkyl halides is 3. The number of likely N-dealkylation sites (N-methyl/N-ethyl adjacent to an activating group) is 1. The van der Waals surface area contributed by atoms with E-state index in [1.807, 2.05) is 13.8 Å². The van der Waals surface area contributed by atoms with E-state index < -0.39 is 63.3 Å². The Hall–Kier alpha value is -3.57. The Kier molecular flexibility index (Phi) is 6.04. The molecule has 0 bridgehead atoms. The molecule has 1 aliphatic rings. The third kappa shape index (κ3) is 3.97. The van der Waals surface area contributed by atoms with E-state index in [0.29, 0.717) is 10.3 Å². The van der Waals surface area contributed by atoms with Crippen molar-refractivity contribution in [3.63, 3.8) is 0 Å². The van der Waals surface area contributed by atoms with Crippen molar-refractivity contribution >= 4 is 23.3 Å². The number of halogens is 4. The molecule has 0 saturated heterocycles. The van der Waals surface area contributed by atoms with Crippen LogP contribution in [0.5, 0.6) is 0 Å². The summed E-state index contributed by atoms with van der Waals surface area (Å²) >= 11 is 5.76. The average Bonchev–Trinajstić information content (AvgIpc) is 2.95. The molecule has 1 atom stereocenters. The number of hydrogen-bond acceptors (Lipinski definition) is 5. The highest BCUT2D eigenvalue weighted by atomic mass is 35.5. The summed E-state index contributed by atoms with van der Waals surface area (Å²) in [5.74, 6) is -1.65. The number of anilines is 1. The molecule has 190 valence electrons. The third-order valence-corrected chi connectivity index (χ3v) is 6.77. The summed E-state index contributed by atoms with van der Waals surface area (Å²) in [6.45, 7) is 2.81. The number of carbonyl (C=O) groups is 1. The molecule has 0 fully saturated rings. The van der Waals surface area contributed by atoms with Crippen LogP contribution in [0, 0.1) is 0 Å². The summed E-state index contributed by atoms with van der Waals surface area (Å²) in [6, 6.07) is 8.04. The molecule has 2 heterocycles. The number of carboxylic acid groups (broad SMARTS) is 1. The number of carboxylic acids is 1. The number of hydrogen-bond donors (Lipinski definition) is 2. The van der Waals surface area contributed by atoms with Gasteiger partial charge in [0.25, 0.3) is 5.56 Å². The fourth-order valence-corrected chi connectivity index (χ4v) is 4.82. The Labute approximate surface area is 207 Å². The Morgan fingerprint density at radius 3 is 2.44 bits per heavy atom. The summed E-state index contributed by atoms with van der Waals surface area (Å²) in [5, 5.41) is 19.5. The molecule has 2 aromatic carbocycles. The van der Waals surface area contributed by atoms with Gasteiger partial charge in [-0.15, -0.1) is 0 Å². The molecule has 0 aliphatic carbocycles. The van der Waals surface area contributed by atoms with E-state index in [4.69, 9.17) is 11.6 Å². The van der Waals surface area contributed by atoms with E-state index in [1.165, 1.54) is 18.2 Å². The summed E-state index contributed by atoms with van der Waals surface area (Å²) in [7, 11) is 1.65. The zero-order valence-corrected chi connectivity index (χ0v) is 20.1. The molecule has 3 aromatic rings. The highest BCUT2D eigenvalue weighted by Gasteiger charge is 2.42. The van der Waals surface area contributed by atoms with Crippen LogP contribution >= 0.6 is 11.6 Å². The minimum atomic E-state index is -4.88. The van der Waals surface area contributed by atoms with E-state index in [0.717, 1.165) is 28.5 Å². The number of aromatic nitrogens is 2. The van der Waals surface area contributed by atoms with Crippen LogP contribution in [-0.4, -0.2) is 38.6 Å². The quantitative estimate of drug-likeness (QED) is 0.543. The van der Waals surface area contributed by atoms with Crippen LogP contribution in [0.3, 0.4) is 0 Å². The predicted molar refractivity (Wildman–Crippen MR) is 126 cm³/mol. The molecule has 0 amide bonds. The first-order chi connectivity index (χ1) is 16.7. The van der Waals surface area contributed by atoms with E-state index in [-0.39, 0.29) is 5.69 Å². The van der Waals surface area contributed by atoms with Crippen molar-refractivity contribution in [1.82, 2.24) is 9.13 Å². The lowest BCUT2D eigenvalue weighted by molar-refractivity contribution is -0.138. The fourth-order valence-electron chi connectivity index (χ4n) is 4.52. The van der Waals surface area contributed by atoms with Crippen LogP contribution in [0.1, 0.15) is 40.9 Å². The summed E-state index contributed by atoms with van der Waals surface area (Å²) in [4.78, 5) is 39.6. The Morgan fingerprint density at radius 1 is 1.17 bits per heavy atom. The third-order valence-electron chi connectivity index (χ3n) is 6.46. The van der Waals surface area contributed by atoms with Gasteiger partial charge in [0.1, 0.15) is 11.8 Å². The lowest BCUT2D eigenvalue weighted by atomic mass is 9.85. The van der Waals surface area contributed by atoms with Crippen LogP contribution in [0.15, 0.2) is 52.2 Å². The molecular formula is C24H21ClF3N3O5. The van der Waals surface area contributed by atoms with Crippen molar-refractivity contribution in [2.24, 2.45) is 0 Å². The number of benzene rings is 2. The van der Waals surface area contributed by atoms with Crippen LogP contribution in [0.25, 0.3) is 5.69 Å². The molecule has 2 N–H and O–H groups in total. The van der Waals surface area contributed by atoms with E-state index in [9.17, 15) is 37.8 Å². The molecule has 0 spiro atoms. The van der Waals surface area contributed by atoms with Crippen LogP contribution in [0.2, 0.25) is 5.02 Å². The number of aromatic carboxylic acids is 1. The minimum absolute atomic E-state index is 0.161. The second-order valence-electron chi connectivity index (χ2n) is 9.07. The molecule has 12 heteroatoms. The van der Waals surface area contributed by atoms with Gasteiger partial charge in [-0.2, -0.15) is 13.2 Å². The van der Waals surface area contributed by atoms with Gasteiger partial charge in [-0.05, 0) is 29.3 Å². The van der Waals surface area contributed by atoms with Crippen molar-refractivity contribution < 1.29 is 28.2 Å².